The van der Waals surface area contributed by atoms with Crippen LogP contribution in [0.25, 0.3) is 10.9 Å². The molecule has 0 saturated carbocycles. The topological polar surface area (TPSA) is 99.8 Å². The van der Waals surface area contributed by atoms with E-state index in [-0.39, 0.29) is 35.5 Å². The molecule has 0 radical (unpaired) electrons. The number of likely N-dealkylation sites (tertiary alicyclic amines) is 1. The number of aromatic nitrogens is 1. The average Bonchev–Trinajstić information content (AvgIpc) is 3.50. The first-order valence-electron chi connectivity index (χ1n) is 10.5. The quantitative estimate of drug-likeness (QED) is 0.628. The third kappa shape index (κ3) is 3.77. The van der Waals surface area contributed by atoms with Crippen molar-refractivity contribution in [2.75, 3.05) is 32.8 Å². The van der Waals surface area contributed by atoms with E-state index in [0.717, 1.165) is 17.7 Å². The van der Waals surface area contributed by atoms with E-state index in [0.29, 0.717) is 30.7 Å². The van der Waals surface area contributed by atoms with Crippen molar-refractivity contribution in [2.24, 2.45) is 0 Å². The minimum Gasteiger partial charge on any atom is -0.379 e. The molecule has 168 valence electrons. The van der Waals surface area contributed by atoms with E-state index in [4.69, 9.17) is 4.74 Å². The standard InChI is InChI=1S/C22H23N3O5S2/c26-21-14-17(22(27)25-7-1-3-19(25)20-4-2-12-31-20)16-13-15(5-6-18(16)23-21)32(28,29)24-8-10-30-11-9-24/h2,4-6,12-14,19H,1,3,7-11H2,(H,23,26)/t19-/m1/s1. The van der Waals surface area contributed by atoms with Gasteiger partial charge in [-0.05, 0) is 42.5 Å². The molecule has 2 aliphatic heterocycles. The maximum Gasteiger partial charge on any atom is 0.255 e. The highest BCUT2D eigenvalue weighted by molar-refractivity contribution is 7.89. The SMILES string of the molecule is O=C(c1cc(=O)[nH]c2ccc(S(=O)(=O)N3CCOCC3)cc12)N1CCC[C@@H]1c1cccs1. The molecule has 1 atom stereocenters. The predicted octanol–water partition coefficient (Wildman–Crippen LogP) is 2.59. The molecule has 8 nitrogen and oxygen atoms in total. The second-order valence-corrected chi connectivity index (χ2v) is 10.9. The number of carbonyl (C=O) groups is 1. The predicted molar refractivity (Wildman–Crippen MR) is 121 cm³/mol. The number of morpholine rings is 1. The smallest absolute Gasteiger partial charge is 0.255 e. The van der Waals surface area contributed by atoms with E-state index in [1.807, 2.05) is 17.5 Å². The largest absolute Gasteiger partial charge is 0.379 e. The Morgan fingerprint density at radius 3 is 2.69 bits per heavy atom. The Hall–Kier alpha value is -2.53. The van der Waals surface area contributed by atoms with Gasteiger partial charge in [0.15, 0.2) is 0 Å². The summed E-state index contributed by atoms with van der Waals surface area (Å²) in [5.74, 6) is -0.252. The molecule has 1 amide bonds. The molecule has 0 spiro atoms. The molecule has 0 unspecified atom stereocenters. The van der Waals surface area contributed by atoms with Gasteiger partial charge < -0.3 is 14.6 Å². The van der Waals surface area contributed by atoms with Crippen LogP contribution in [0.15, 0.2) is 51.5 Å². The number of sulfonamides is 1. The van der Waals surface area contributed by atoms with Crippen LogP contribution in [-0.4, -0.2) is 61.4 Å². The second kappa shape index (κ2) is 8.43. The Morgan fingerprint density at radius 2 is 1.94 bits per heavy atom. The van der Waals surface area contributed by atoms with Crippen LogP contribution in [0.5, 0.6) is 0 Å². The molecule has 4 heterocycles. The maximum atomic E-state index is 13.6. The average molecular weight is 474 g/mol. The summed E-state index contributed by atoms with van der Waals surface area (Å²) in [6.07, 6.45) is 1.75. The molecule has 5 rings (SSSR count). The summed E-state index contributed by atoms with van der Waals surface area (Å²) in [7, 11) is -3.73. The van der Waals surface area contributed by atoms with Crippen LogP contribution >= 0.6 is 11.3 Å². The van der Waals surface area contributed by atoms with Crippen molar-refractivity contribution < 1.29 is 17.9 Å². The van der Waals surface area contributed by atoms with Crippen LogP contribution in [-0.2, 0) is 14.8 Å². The fraction of sp³-hybridized carbons (Fsp3) is 0.364. The van der Waals surface area contributed by atoms with Gasteiger partial charge in [0.2, 0.25) is 15.6 Å². The number of ether oxygens (including phenoxy) is 1. The summed E-state index contributed by atoms with van der Waals surface area (Å²) < 4.78 is 32.9. The van der Waals surface area contributed by atoms with Crippen LogP contribution in [0.1, 0.15) is 34.1 Å². The van der Waals surface area contributed by atoms with Crippen LogP contribution in [0.4, 0.5) is 0 Å². The lowest BCUT2D eigenvalue weighted by Gasteiger charge is -2.26. The first kappa shape index (κ1) is 21.3. The highest BCUT2D eigenvalue weighted by atomic mass is 32.2. The zero-order chi connectivity index (χ0) is 22.3. The lowest BCUT2D eigenvalue weighted by Crippen LogP contribution is -2.40. The van der Waals surface area contributed by atoms with E-state index < -0.39 is 15.6 Å². The van der Waals surface area contributed by atoms with Crippen molar-refractivity contribution in [3.63, 3.8) is 0 Å². The molecule has 1 N–H and O–H groups in total. The zero-order valence-electron chi connectivity index (χ0n) is 17.3. The summed E-state index contributed by atoms with van der Waals surface area (Å²) in [6, 6.07) is 9.76. The van der Waals surface area contributed by atoms with Gasteiger partial charge in [-0.15, -0.1) is 11.3 Å². The third-order valence-corrected chi connectivity index (χ3v) is 8.91. The van der Waals surface area contributed by atoms with E-state index in [1.165, 1.54) is 22.5 Å². The number of benzene rings is 1. The molecule has 2 aromatic heterocycles. The molecule has 0 aliphatic carbocycles. The van der Waals surface area contributed by atoms with Gasteiger partial charge in [-0.25, -0.2) is 8.42 Å². The number of nitrogens with one attached hydrogen (secondary N) is 1. The summed E-state index contributed by atoms with van der Waals surface area (Å²) in [6.45, 7) is 1.87. The summed E-state index contributed by atoms with van der Waals surface area (Å²) >= 11 is 1.61. The number of hydrogen-bond donors (Lipinski definition) is 1. The second-order valence-electron chi connectivity index (χ2n) is 7.94. The third-order valence-electron chi connectivity index (χ3n) is 6.04. The number of H-pyrrole nitrogens is 1. The Morgan fingerprint density at radius 1 is 1.12 bits per heavy atom. The number of rotatable bonds is 4. The molecule has 2 aliphatic rings. The van der Waals surface area contributed by atoms with Crippen molar-refractivity contribution >= 4 is 38.2 Å². The number of pyridine rings is 1. The lowest BCUT2D eigenvalue weighted by molar-refractivity contribution is 0.0730. The van der Waals surface area contributed by atoms with E-state index in [9.17, 15) is 18.0 Å². The fourth-order valence-corrected chi connectivity index (χ4v) is 6.76. The number of aromatic amines is 1. The fourth-order valence-electron chi connectivity index (χ4n) is 4.45. The zero-order valence-corrected chi connectivity index (χ0v) is 19.0. The van der Waals surface area contributed by atoms with Gasteiger partial charge >= 0.3 is 0 Å². The Kier molecular flexibility index (Phi) is 5.62. The van der Waals surface area contributed by atoms with Crippen LogP contribution in [0, 0.1) is 0 Å². The van der Waals surface area contributed by atoms with Crippen molar-refractivity contribution in [1.82, 2.24) is 14.2 Å². The van der Waals surface area contributed by atoms with Gasteiger partial charge in [-0.3, -0.25) is 9.59 Å². The summed E-state index contributed by atoms with van der Waals surface area (Å²) in [5, 5.41) is 2.42. The van der Waals surface area contributed by atoms with Crippen molar-refractivity contribution in [1.29, 1.82) is 0 Å². The highest BCUT2D eigenvalue weighted by Crippen LogP contribution is 2.36. The molecular weight excluding hydrogens is 450 g/mol. The Labute approximate surface area is 189 Å². The first-order chi connectivity index (χ1) is 15.4. The number of amides is 1. The number of thiophene rings is 1. The van der Waals surface area contributed by atoms with Crippen molar-refractivity contribution in [3.05, 3.63) is 62.6 Å². The highest BCUT2D eigenvalue weighted by Gasteiger charge is 2.33. The van der Waals surface area contributed by atoms with Gasteiger partial charge in [0, 0.05) is 41.5 Å². The number of hydrogen-bond acceptors (Lipinski definition) is 6. The summed E-state index contributed by atoms with van der Waals surface area (Å²) in [4.78, 5) is 31.6. The molecule has 2 fully saturated rings. The first-order valence-corrected chi connectivity index (χ1v) is 12.9. The summed E-state index contributed by atoms with van der Waals surface area (Å²) in [5.41, 5.74) is 0.274. The van der Waals surface area contributed by atoms with Crippen LogP contribution < -0.4 is 5.56 Å². The molecule has 10 heteroatoms. The number of carbonyl (C=O) groups excluding carboxylic acids is 1. The van der Waals surface area contributed by atoms with Gasteiger partial charge in [0.1, 0.15) is 0 Å². The number of fused-ring (bicyclic) bond motifs is 1. The Balaban J connectivity index is 1.57. The van der Waals surface area contributed by atoms with Gasteiger partial charge in [-0.1, -0.05) is 6.07 Å². The van der Waals surface area contributed by atoms with Crippen LogP contribution in [0.3, 0.4) is 0 Å². The Bertz CT molecular complexity index is 1310. The molecule has 0 bridgehead atoms. The maximum absolute atomic E-state index is 13.6. The molecular formula is C22H23N3O5S2. The minimum atomic E-state index is -3.73. The van der Waals surface area contributed by atoms with E-state index >= 15 is 0 Å². The molecule has 32 heavy (non-hydrogen) atoms. The molecule has 1 aromatic carbocycles. The number of nitrogens with zero attached hydrogens (tertiary/aromatic N) is 2. The van der Waals surface area contributed by atoms with Crippen molar-refractivity contribution in [3.8, 4) is 0 Å². The normalized spacial score (nSPS) is 20.1. The lowest BCUT2D eigenvalue weighted by atomic mass is 10.1. The van der Waals surface area contributed by atoms with Crippen LogP contribution in [0.2, 0.25) is 0 Å². The molecule has 2 saturated heterocycles. The van der Waals surface area contributed by atoms with Gasteiger partial charge in [0.05, 0.1) is 29.7 Å². The molecule has 3 aromatic rings. The van der Waals surface area contributed by atoms with Gasteiger partial charge in [-0.2, -0.15) is 4.31 Å². The monoisotopic (exact) mass is 473 g/mol. The van der Waals surface area contributed by atoms with E-state index in [2.05, 4.69) is 4.98 Å². The van der Waals surface area contributed by atoms with Crippen molar-refractivity contribution in [2.45, 2.75) is 23.8 Å². The minimum absolute atomic E-state index is 0.0305. The van der Waals surface area contributed by atoms with E-state index in [1.54, 1.807) is 22.3 Å². The van der Waals surface area contributed by atoms with Gasteiger partial charge in [0.25, 0.3) is 5.91 Å².